The van der Waals surface area contributed by atoms with Crippen LogP contribution in [0.3, 0.4) is 0 Å². The minimum absolute atomic E-state index is 0.682. The Morgan fingerprint density at radius 3 is 2.65 bits per heavy atom. The van der Waals surface area contributed by atoms with E-state index in [4.69, 9.17) is 11.6 Å². The highest BCUT2D eigenvalue weighted by Crippen LogP contribution is 2.30. The SMILES string of the molecule is Cc1cc(C)c2[nH]cc(-c3nnnn3-c3ccc(Cl)cc3)c2c1. The molecule has 0 amide bonds. The Morgan fingerprint density at radius 1 is 1.09 bits per heavy atom. The quantitative estimate of drug-likeness (QED) is 0.604. The van der Waals surface area contributed by atoms with Crippen LogP contribution in [-0.2, 0) is 0 Å². The summed E-state index contributed by atoms with van der Waals surface area (Å²) < 4.78 is 1.72. The van der Waals surface area contributed by atoms with Crippen molar-refractivity contribution < 1.29 is 0 Å². The van der Waals surface area contributed by atoms with Gasteiger partial charge < -0.3 is 4.98 Å². The molecule has 23 heavy (non-hydrogen) atoms. The van der Waals surface area contributed by atoms with Crippen molar-refractivity contribution in [1.82, 2.24) is 25.2 Å². The second-order valence-electron chi connectivity index (χ2n) is 5.60. The van der Waals surface area contributed by atoms with E-state index >= 15 is 0 Å². The predicted molar refractivity (Wildman–Crippen MR) is 90.9 cm³/mol. The summed E-state index contributed by atoms with van der Waals surface area (Å²) in [5.41, 5.74) is 5.37. The van der Waals surface area contributed by atoms with Crippen LogP contribution in [0, 0.1) is 13.8 Å². The lowest BCUT2D eigenvalue weighted by molar-refractivity contribution is 0.791. The second-order valence-corrected chi connectivity index (χ2v) is 6.03. The van der Waals surface area contributed by atoms with Crippen LogP contribution in [-0.4, -0.2) is 25.2 Å². The molecular weight excluding hydrogens is 310 g/mol. The molecule has 4 aromatic rings. The van der Waals surface area contributed by atoms with E-state index in [0.717, 1.165) is 22.2 Å². The summed E-state index contributed by atoms with van der Waals surface area (Å²) in [5.74, 6) is 0.698. The normalized spacial score (nSPS) is 11.3. The van der Waals surface area contributed by atoms with Crippen molar-refractivity contribution in [3.63, 3.8) is 0 Å². The number of nitrogens with one attached hydrogen (secondary N) is 1. The summed E-state index contributed by atoms with van der Waals surface area (Å²) in [6, 6.07) is 11.7. The highest BCUT2D eigenvalue weighted by atomic mass is 35.5. The Balaban J connectivity index is 1.93. The molecule has 5 nitrogen and oxygen atoms in total. The van der Waals surface area contributed by atoms with E-state index in [2.05, 4.69) is 46.5 Å². The lowest BCUT2D eigenvalue weighted by Crippen LogP contribution is -1.99. The molecule has 0 fully saturated rings. The van der Waals surface area contributed by atoms with Crippen LogP contribution in [0.2, 0.25) is 5.02 Å². The third kappa shape index (κ3) is 2.29. The average molecular weight is 324 g/mol. The molecule has 0 aliphatic carbocycles. The number of benzene rings is 2. The van der Waals surface area contributed by atoms with E-state index in [9.17, 15) is 0 Å². The summed E-state index contributed by atoms with van der Waals surface area (Å²) in [5, 5.41) is 14.0. The number of aryl methyl sites for hydroxylation is 2. The molecule has 0 atom stereocenters. The van der Waals surface area contributed by atoms with Gasteiger partial charge in [0.2, 0.25) is 0 Å². The molecule has 0 saturated carbocycles. The van der Waals surface area contributed by atoms with Crippen molar-refractivity contribution in [1.29, 1.82) is 0 Å². The number of halogens is 1. The van der Waals surface area contributed by atoms with Gasteiger partial charge in [-0.1, -0.05) is 23.2 Å². The smallest absolute Gasteiger partial charge is 0.189 e. The number of fused-ring (bicyclic) bond motifs is 1. The number of rotatable bonds is 2. The van der Waals surface area contributed by atoms with E-state index in [1.165, 1.54) is 11.1 Å². The third-order valence-corrected chi connectivity index (χ3v) is 4.16. The van der Waals surface area contributed by atoms with Gasteiger partial charge in [0.25, 0.3) is 0 Å². The number of aromatic amines is 1. The van der Waals surface area contributed by atoms with Crippen LogP contribution in [0.1, 0.15) is 11.1 Å². The standard InChI is InChI=1S/C17H14ClN5/c1-10-7-11(2)16-14(8-10)15(9-19-16)17-20-21-22-23(17)13-5-3-12(18)4-6-13/h3-9,19H,1-2H3. The molecule has 114 valence electrons. The van der Waals surface area contributed by atoms with Crippen LogP contribution >= 0.6 is 11.6 Å². The zero-order valence-electron chi connectivity index (χ0n) is 12.7. The summed E-state index contributed by atoms with van der Waals surface area (Å²) >= 11 is 5.96. The molecule has 0 saturated heterocycles. The third-order valence-electron chi connectivity index (χ3n) is 3.91. The van der Waals surface area contributed by atoms with Crippen molar-refractivity contribution in [2.75, 3.05) is 0 Å². The van der Waals surface area contributed by atoms with E-state index in [-0.39, 0.29) is 0 Å². The minimum Gasteiger partial charge on any atom is -0.360 e. The highest BCUT2D eigenvalue weighted by Gasteiger charge is 2.16. The first-order valence-corrected chi connectivity index (χ1v) is 7.64. The molecule has 6 heteroatoms. The first-order chi connectivity index (χ1) is 11.1. The Hall–Kier alpha value is -2.66. The topological polar surface area (TPSA) is 59.4 Å². The Morgan fingerprint density at radius 2 is 1.87 bits per heavy atom. The molecule has 0 aliphatic heterocycles. The fourth-order valence-corrected chi connectivity index (χ4v) is 3.02. The van der Waals surface area contributed by atoms with Gasteiger partial charge in [-0.2, -0.15) is 4.68 Å². The van der Waals surface area contributed by atoms with Crippen LogP contribution in [0.15, 0.2) is 42.6 Å². The fraction of sp³-hybridized carbons (Fsp3) is 0.118. The minimum atomic E-state index is 0.682. The maximum absolute atomic E-state index is 5.96. The molecule has 0 aliphatic rings. The molecular formula is C17H14ClN5. The van der Waals surface area contributed by atoms with E-state index in [1.807, 2.05) is 30.5 Å². The zero-order chi connectivity index (χ0) is 16.0. The van der Waals surface area contributed by atoms with Gasteiger partial charge in [0.05, 0.1) is 5.69 Å². The molecule has 0 spiro atoms. The summed E-state index contributed by atoms with van der Waals surface area (Å²) in [7, 11) is 0. The molecule has 0 bridgehead atoms. The Bertz CT molecular complexity index is 998. The Labute approximate surface area is 137 Å². The lowest BCUT2D eigenvalue weighted by atomic mass is 10.1. The maximum atomic E-state index is 5.96. The van der Waals surface area contributed by atoms with Crippen molar-refractivity contribution >= 4 is 22.5 Å². The van der Waals surface area contributed by atoms with Crippen molar-refractivity contribution in [2.45, 2.75) is 13.8 Å². The van der Waals surface area contributed by atoms with Crippen molar-refractivity contribution in [3.05, 3.63) is 58.7 Å². The van der Waals surface area contributed by atoms with Gasteiger partial charge in [-0.3, -0.25) is 0 Å². The molecule has 2 heterocycles. The van der Waals surface area contributed by atoms with Crippen LogP contribution in [0.5, 0.6) is 0 Å². The molecule has 0 radical (unpaired) electrons. The first kappa shape index (κ1) is 14.0. The number of hydrogen-bond donors (Lipinski definition) is 1. The monoisotopic (exact) mass is 323 g/mol. The summed E-state index contributed by atoms with van der Waals surface area (Å²) in [6.45, 7) is 4.18. The Kier molecular flexibility index (Phi) is 3.16. The maximum Gasteiger partial charge on any atom is 0.189 e. The second kappa shape index (κ2) is 5.21. The predicted octanol–water partition coefficient (Wildman–Crippen LogP) is 4.08. The highest BCUT2D eigenvalue weighted by molar-refractivity contribution is 6.30. The van der Waals surface area contributed by atoms with E-state index in [0.29, 0.717) is 10.8 Å². The van der Waals surface area contributed by atoms with E-state index < -0.39 is 0 Å². The number of aromatic nitrogens is 5. The number of nitrogens with zero attached hydrogens (tertiary/aromatic N) is 4. The summed E-state index contributed by atoms with van der Waals surface area (Å²) in [6.07, 6.45) is 1.95. The lowest BCUT2D eigenvalue weighted by Gasteiger charge is -2.05. The van der Waals surface area contributed by atoms with Gasteiger partial charge in [-0.25, -0.2) is 0 Å². The molecule has 4 rings (SSSR count). The van der Waals surface area contributed by atoms with Crippen molar-refractivity contribution in [3.8, 4) is 17.1 Å². The van der Waals surface area contributed by atoms with Gasteiger partial charge in [-0.05, 0) is 60.2 Å². The largest absolute Gasteiger partial charge is 0.360 e. The van der Waals surface area contributed by atoms with Gasteiger partial charge in [0.1, 0.15) is 0 Å². The zero-order valence-corrected chi connectivity index (χ0v) is 13.5. The fourth-order valence-electron chi connectivity index (χ4n) is 2.89. The number of hydrogen-bond acceptors (Lipinski definition) is 3. The van der Waals surface area contributed by atoms with E-state index in [1.54, 1.807) is 4.68 Å². The van der Waals surface area contributed by atoms with Crippen molar-refractivity contribution in [2.24, 2.45) is 0 Å². The van der Waals surface area contributed by atoms with Gasteiger partial charge in [0.15, 0.2) is 5.82 Å². The first-order valence-electron chi connectivity index (χ1n) is 7.26. The molecule has 1 N–H and O–H groups in total. The average Bonchev–Trinajstić information content (AvgIpc) is 3.14. The van der Waals surface area contributed by atoms with Gasteiger partial charge >= 0.3 is 0 Å². The molecule has 2 aromatic carbocycles. The summed E-state index contributed by atoms with van der Waals surface area (Å²) in [4.78, 5) is 3.33. The molecule has 2 aromatic heterocycles. The van der Waals surface area contributed by atoms with Crippen LogP contribution in [0.25, 0.3) is 28.0 Å². The number of H-pyrrole nitrogens is 1. The van der Waals surface area contributed by atoms with Crippen LogP contribution in [0.4, 0.5) is 0 Å². The number of tetrazole rings is 1. The van der Waals surface area contributed by atoms with Gasteiger partial charge in [-0.15, -0.1) is 5.10 Å². The molecule has 0 unspecified atom stereocenters. The van der Waals surface area contributed by atoms with Gasteiger partial charge in [0, 0.05) is 27.7 Å². The van der Waals surface area contributed by atoms with Crippen LogP contribution < -0.4 is 0 Å².